The summed E-state index contributed by atoms with van der Waals surface area (Å²) in [6.07, 6.45) is 3.13. The van der Waals surface area contributed by atoms with E-state index in [1.807, 2.05) is 12.1 Å². The van der Waals surface area contributed by atoms with Crippen LogP contribution in [0.5, 0.6) is 11.5 Å². The van der Waals surface area contributed by atoms with Crippen molar-refractivity contribution < 1.29 is 23.8 Å². The predicted molar refractivity (Wildman–Crippen MR) is 97.3 cm³/mol. The number of methoxy groups -OCH3 is 1. The summed E-state index contributed by atoms with van der Waals surface area (Å²) in [5.74, 6) is 0.421. The maximum atomic E-state index is 12.7. The number of aryl methyl sites for hydroxylation is 1. The summed E-state index contributed by atoms with van der Waals surface area (Å²) in [6, 6.07) is 7.23. The highest BCUT2D eigenvalue weighted by Crippen LogP contribution is 2.39. The molecule has 0 saturated carbocycles. The van der Waals surface area contributed by atoms with Gasteiger partial charge in [0.2, 0.25) is 6.10 Å². The molecular formula is C19H19NO5S. The molecule has 0 saturated heterocycles. The number of thiophene rings is 1. The van der Waals surface area contributed by atoms with Crippen molar-refractivity contribution in [1.29, 1.82) is 0 Å². The van der Waals surface area contributed by atoms with E-state index < -0.39 is 12.1 Å². The van der Waals surface area contributed by atoms with E-state index in [1.54, 1.807) is 12.1 Å². The lowest BCUT2D eigenvalue weighted by atomic mass is 9.95. The molecule has 1 aliphatic carbocycles. The van der Waals surface area contributed by atoms with Crippen molar-refractivity contribution in [3.05, 3.63) is 40.3 Å². The van der Waals surface area contributed by atoms with Gasteiger partial charge in [-0.3, -0.25) is 4.79 Å². The Morgan fingerprint density at radius 3 is 2.77 bits per heavy atom. The average Bonchev–Trinajstić information content (AvgIpc) is 3.04. The van der Waals surface area contributed by atoms with Crippen molar-refractivity contribution in [2.75, 3.05) is 19.0 Å². The van der Waals surface area contributed by atoms with Crippen LogP contribution < -0.4 is 14.8 Å². The lowest BCUT2D eigenvalue weighted by Gasteiger charge is -2.25. The van der Waals surface area contributed by atoms with Gasteiger partial charge < -0.3 is 19.5 Å². The standard InChI is InChI=1S/C19H19NO5S/c1-23-19(22)16-11-6-2-5-9-15(11)26-18(16)20-17(21)14-10-24-12-7-3-4-8-13(12)25-14/h3-4,7-8,14H,2,5-6,9-10H2,1H3,(H,20,21)/t14-/m0/s1. The zero-order valence-corrected chi connectivity index (χ0v) is 15.2. The monoisotopic (exact) mass is 373 g/mol. The summed E-state index contributed by atoms with van der Waals surface area (Å²) in [6.45, 7) is 0.126. The molecule has 136 valence electrons. The quantitative estimate of drug-likeness (QED) is 0.837. The average molecular weight is 373 g/mol. The van der Waals surface area contributed by atoms with Crippen LogP contribution >= 0.6 is 11.3 Å². The van der Waals surface area contributed by atoms with Crippen LogP contribution in [-0.4, -0.2) is 31.7 Å². The van der Waals surface area contributed by atoms with E-state index in [9.17, 15) is 9.59 Å². The molecule has 0 spiro atoms. The molecule has 1 aromatic heterocycles. The molecule has 4 rings (SSSR count). The Labute approximate surface area is 155 Å². The summed E-state index contributed by atoms with van der Waals surface area (Å²) in [7, 11) is 1.36. The van der Waals surface area contributed by atoms with Crippen LogP contribution in [0.1, 0.15) is 33.6 Å². The van der Waals surface area contributed by atoms with Gasteiger partial charge in [-0.05, 0) is 43.4 Å². The third-order valence-corrected chi connectivity index (χ3v) is 5.81. The smallest absolute Gasteiger partial charge is 0.341 e. The lowest BCUT2D eigenvalue weighted by Crippen LogP contribution is -2.40. The molecule has 1 aliphatic heterocycles. The van der Waals surface area contributed by atoms with Gasteiger partial charge in [0.25, 0.3) is 5.91 Å². The zero-order valence-electron chi connectivity index (χ0n) is 14.4. The van der Waals surface area contributed by atoms with Gasteiger partial charge in [0.1, 0.15) is 11.6 Å². The van der Waals surface area contributed by atoms with Crippen molar-refractivity contribution in [2.45, 2.75) is 31.8 Å². The molecule has 2 heterocycles. The Morgan fingerprint density at radius 2 is 1.96 bits per heavy atom. The second-order valence-corrected chi connectivity index (χ2v) is 7.37. The molecular weight excluding hydrogens is 354 g/mol. The van der Waals surface area contributed by atoms with E-state index in [0.29, 0.717) is 22.1 Å². The van der Waals surface area contributed by atoms with Gasteiger partial charge in [-0.15, -0.1) is 11.3 Å². The Hall–Kier alpha value is -2.54. The van der Waals surface area contributed by atoms with Gasteiger partial charge in [-0.1, -0.05) is 12.1 Å². The van der Waals surface area contributed by atoms with Crippen molar-refractivity contribution in [3.63, 3.8) is 0 Å². The van der Waals surface area contributed by atoms with E-state index in [2.05, 4.69) is 5.32 Å². The Kier molecular flexibility index (Phi) is 4.55. The van der Waals surface area contributed by atoms with E-state index >= 15 is 0 Å². The number of carbonyl (C=O) groups is 2. The number of benzene rings is 1. The first kappa shape index (κ1) is 16.9. The van der Waals surface area contributed by atoms with Gasteiger partial charge in [-0.25, -0.2) is 4.79 Å². The first-order chi connectivity index (χ1) is 12.7. The van der Waals surface area contributed by atoms with Crippen LogP contribution in [0.4, 0.5) is 5.00 Å². The molecule has 1 N–H and O–H groups in total. The number of rotatable bonds is 3. The number of nitrogens with one attached hydrogen (secondary N) is 1. The predicted octanol–water partition coefficient (Wildman–Crippen LogP) is 3.19. The summed E-state index contributed by atoms with van der Waals surface area (Å²) in [4.78, 5) is 26.1. The Balaban J connectivity index is 1.57. The molecule has 6 nitrogen and oxygen atoms in total. The second-order valence-electron chi connectivity index (χ2n) is 6.26. The Bertz CT molecular complexity index is 860. The lowest BCUT2D eigenvalue weighted by molar-refractivity contribution is -0.125. The summed E-state index contributed by atoms with van der Waals surface area (Å²) in [5, 5.41) is 3.40. The van der Waals surface area contributed by atoms with Crippen molar-refractivity contribution >= 4 is 28.2 Å². The molecule has 7 heteroatoms. The first-order valence-corrected chi connectivity index (χ1v) is 9.41. The fraction of sp³-hybridized carbons (Fsp3) is 0.368. The zero-order chi connectivity index (χ0) is 18.1. The van der Waals surface area contributed by atoms with Gasteiger partial charge >= 0.3 is 5.97 Å². The number of para-hydroxylation sites is 2. The largest absolute Gasteiger partial charge is 0.485 e. The number of fused-ring (bicyclic) bond motifs is 2. The fourth-order valence-corrected chi connectivity index (χ4v) is 4.59. The molecule has 1 aromatic carbocycles. The van der Waals surface area contributed by atoms with Crippen LogP contribution in [-0.2, 0) is 22.4 Å². The van der Waals surface area contributed by atoms with E-state index in [4.69, 9.17) is 14.2 Å². The number of hydrogen-bond donors (Lipinski definition) is 1. The van der Waals surface area contributed by atoms with Gasteiger partial charge in [0.05, 0.1) is 12.7 Å². The van der Waals surface area contributed by atoms with Crippen LogP contribution in [0.2, 0.25) is 0 Å². The minimum absolute atomic E-state index is 0.126. The molecule has 0 unspecified atom stereocenters. The van der Waals surface area contributed by atoms with Crippen molar-refractivity contribution in [2.24, 2.45) is 0 Å². The van der Waals surface area contributed by atoms with Crippen LogP contribution in [0.25, 0.3) is 0 Å². The highest BCUT2D eigenvalue weighted by molar-refractivity contribution is 7.17. The maximum absolute atomic E-state index is 12.7. The number of esters is 1. The van der Waals surface area contributed by atoms with Crippen LogP contribution in [0.3, 0.4) is 0 Å². The first-order valence-electron chi connectivity index (χ1n) is 8.59. The Morgan fingerprint density at radius 1 is 1.19 bits per heavy atom. The molecule has 0 bridgehead atoms. The number of amides is 1. The topological polar surface area (TPSA) is 73.9 Å². The number of hydrogen-bond acceptors (Lipinski definition) is 6. The molecule has 26 heavy (non-hydrogen) atoms. The molecule has 1 amide bonds. The number of ether oxygens (including phenoxy) is 3. The second kappa shape index (κ2) is 6.99. The van der Waals surface area contributed by atoms with E-state index in [0.717, 1.165) is 36.1 Å². The van der Waals surface area contributed by atoms with Gasteiger partial charge in [0.15, 0.2) is 11.5 Å². The van der Waals surface area contributed by atoms with Crippen molar-refractivity contribution in [3.8, 4) is 11.5 Å². The third kappa shape index (κ3) is 3.03. The summed E-state index contributed by atoms with van der Waals surface area (Å²) in [5.41, 5.74) is 1.49. The van der Waals surface area contributed by atoms with Crippen molar-refractivity contribution in [1.82, 2.24) is 0 Å². The molecule has 0 fully saturated rings. The van der Waals surface area contributed by atoms with Gasteiger partial charge in [-0.2, -0.15) is 0 Å². The van der Waals surface area contributed by atoms with Crippen LogP contribution in [0.15, 0.2) is 24.3 Å². The minimum atomic E-state index is -0.769. The molecule has 2 aliphatic rings. The summed E-state index contributed by atoms with van der Waals surface area (Å²) >= 11 is 1.45. The van der Waals surface area contributed by atoms with E-state index in [1.165, 1.54) is 18.4 Å². The third-order valence-electron chi connectivity index (χ3n) is 4.60. The fourth-order valence-electron chi connectivity index (χ4n) is 3.31. The van der Waals surface area contributed by atoms with Crippen LogP contribution in [0, 0.1) is 0 Å². The number of carbonyl (C=O) groups excluding carboxylic acids is 2. The molecule has 1 atom stereocenters. The van der Waals surface area contributed by atoms with Gasteiger partial charge in [0, 0.05) is 4.88 Å². The highest BCUT2D eigenvalue weighted by atomic mass is 32.1. The molecule has 0 radical (unpaired) electrons. The highest BCUT2D eigenvalue weighted by Gasteiger charge is 2.31. The SMILES string of the molecule is COC(=O)c1c(NC(=O)[C@@H]2COc3ccccc3O2)sc2c1CCCC2. The minimum Gasteiger partial charge on any atom is -0.485 e. The normalized spacial score (nSPS) is 18.0. The maximum Gasteiger partial charge on any atom is 0.341 e. The molecule has 2 aromatic rings. The van der Waals surface area contributed by atoms with E-state index in [-0.39, 0.29) is 12.5 Å². The number of anilines is 1. The summed E-state index contributed by atoms with van der Waals surface area (Å²) < 4.78 is 16.3.